The zero-order valence-electron chi connectivity index (χ0n) is 12.0. The van der Waals surface area contributed by atoms with Gasteiger partial charge >= 0.3 is 12.0 Å². The maximum absolute atomic E-state index is 12.0. The summed E-state index contributed by atoms with van der Waals surface area (Å²) in [6.07, 6.45) is 1.88. The fraction of sp³-hybridized carbons (Fsp3) is 0.467. The largest absolute Gasteiger partial charge is 0.492 e. The molecule has 2 rings (SSSR count). The number of carboxylic acid groups (broad SMARTS) is 1. The van der Waals surface area contributed by atoms with E-state index in [1.165, 1.54) is 0 Å². The van der Waals surface area contributed by atoms with Crippen molar-refractivity contribution >= 4 is 17.7 Å². The molecule has 1 aliphatic carbocycles. The van der Waals surface area contributed by atoms with Crippen molar-refractivity contribution in [2.24, 2.45) is 5.92 Å². The van der Waals surface area contributed by atoms with E-state index in [1.807, 2.05) is 13.0 Å². The summed E-state index contributed by atoms with van der Waals surface area (Å²) < 4.78 is 5.43. The zero-order chi connectivity index (χ0) is 15.2. The molecule has 1 atom stereocenters. The minimum Gasteiger partial charge on any atom is -0.492 e. The topological polar surface area (TPSA) is 87.7 Å². The Bertz CT molecular complexity index is 514. The monoisotopic (exact) mass is 292 g/mol. The highest BCUT2D eigenvalue weighted by molar-refractivity contribution is 5.91. The van der Waals surface area contributed by atoms with Crippen LogP contribution in [0.2, 0.25) is 0 Å². The van der Waals surface area contributed by atoms with Crippen molar-refractivity contribution in [3.8, 4) is 5.75 Å². The van der Waals surface area contributed by atoms with Crippen LogP contribution < -0.4 is 15.4 Å². The zero-order valence-corrected chi connectivity index (χ0v) is 12.0. The van der Waals surface area contributed by atoms with Gasteiger partial charge in [0.2, 0.25) is 0 Å². The maximum atomic E-state index is 12.0. The predicted molar refractivity (Wildman–Crippen MR) is 78.5 cm³/mol. The standard InChI is InChI=1S/C15H20N2O4/c1-2-21-13-6-4-3-5-11(13)16-15(20)17-12(9-14(18)19)10-7-8-10/h3-6,10,12H,2,7-9H2,1H3,(H,18,19)(H2,16,17,20). The van der Waals surface area contributed by atoms with E-state index >= 15 is 0 Å². The molecule has 0 saturated heterocycles. The Morgan fingerprint density at radius 3 is 2.71 bits per heavy atom. The van der Waals surface area contributed by atoms with Gasteiger partial charge in [0.15, 0.2) is 0 Å². The molecule has 1 aromatic carbocycles. The minimum absolute atomic E-state index is 0.0504. The molecule has 0 aromatic heterocycles. The number of nitrogens with one attached hydrogen (secondary N) is 2. The SMILES string of the molecule is CCOc1ccccc1NC(=O)NC(CC(=O)O)C1CC1. The van der Waals surface area contributed by atoms with Gasteiger partial charge in [0.25, 0.3) is 0 Å². The molecule has 1 fully saturated rings. The van der Waals surface area contributed by atoms with Crippen molar-refractivity contribution in [3.63, 3.8) is 0 Å². The summed E-state index contributed by atoms with van der Waals surface area (Å²) in [5.74, 6) is -0.0349. The highest BCUT2D eigenvalue weighted by Gasteiger charge is 2.33. The summed E-state index contributed by atoms with van der Waals surface area (Å²) in [6.45, 7) is 2.37. The van der Waals surface area contributed by atoms with Crippen molar-refractivity contribution in [3.05, 3.63) is 24.3 Å². The molecule has 6 heteroatoms. The molecule has 1 saturated carbocycles. The van der Waals surface area contributed by atoms with Gasteiger partial charge in [0.1, 0.15) is 5.75 Å². The molecule has 0 heterocycles. The lowest BCUT2D eigenvalue weighted by Crippen LogP contribution is -2.40. The van der Waals surface area contributed by atoms with Crippen LogP contribution in [0.15, 0.2) is 24.3 Å². The minimum atomic E-state index is -0.901. The molecule has 21 heavy (non-hydrogen) atoms. The molecule has 114 valence electrons. The molecule has 0 bridgehead atoms. The van der Waals surface area contributed by atoms with E-state index in [9.17, 15) is 9.59 Å². The number of hydrogen-bond donors (Lipinski definition) is 3. The van der Waals surface area contributed by atoms with E-state index in [1.54, 1.807) is 18.2 Å². The number of carbonyl (C=O) groups excluding carboxylic acids is 1. The summed E-state index contributed by atoms with van der Waals surface area (Å²) in [5, 5.41) is 14.3. The van der Waals surface area contributed by atoms with Crippen LogP contribution in [0.5, 0.6) is 5.75 Å². The predicted octanol–water partition coefficient (Wildman–Crippen LogP) is 2.46. The van der Waals surface area contributed by atoms with Crippen LogP contribution in [0.4, 0.5) is 10.5 Å². The van der Waals surface area contributed by atoms with Gasteiger partial charge in [0.05, 0.1) is 18.7 Å². The first-order chi connectivity index (χ1) is 10.1. The lowest BCUT2D eigenvalue weighted by atomic mass is 10.1. The van der Waals surface area contributed by atoms with Crippen LogP contribution in [-0.2, 0) is 4.79 Å². The number of urea groups is 1. The second kappa shape index (κ2) is 6.97. The van der Waals surface area contributed by atoms with E-state index < -0.39 is 12.0 Å². The molecule has 6 nitrogen and oxygen atoms in total. The van der Waals surface area contributed by atoms with Crippen molar-refractivity contribution in [2.45, 2.75) is 32.2 Å². The average Bonchev–Trinajstić information content (AvgIpc) is 3.24. The second-order valence-electron chi connectivity index (χ2n) is 5.07. The van der Waals surface area contributed by atoms with Crippen molar-refractivity contribution in [2.75, 3.05) is 11.9 Å². The molecule has 1 aliphatic rings. The molecule has 1 aromatic rings. The first kappa shape index (κ1) is 15.2. The third kappa shape index (κ3) is 4.66. The number of ether oxygens (including phenoxy) is 1. The summed E-state index contributed by atoms with van der Waals surface area (Å²) in [4.78, 5) is 22.9. The fourth-order valence-electron chi connectivity index (χ4n) is 2.20. The fourth-order valence-corrected chi connectivity index (χ4v) is 2.20. The number of hydrogen-bond acceptors (Lipinski definition) is 3. The number of amides is 2. The Labute approximate surface area is 123 Å². The Morgan fingerprint density at radius 1 is 1.38 bits per heavy atom. The Kier molecular flexibility index (Phi) is 5.03. The first-order valence-electron chi connectivity index (χ1n) is 7.11. The van der Waals surface area contributed by atoms with Crippen LogP contribution in [0.3, 0.4) is 0 Å². The summed E-state index contributed by atoms with van der Waals surface area (Å²) in [5.41, 5.74) is 0.571. The van der Waals surface area contributed by atoms with Crippen molar-refractivity contribution in [1.82, 2.24) is 5.32 Å². The highest BCUT2D eigenvalue weighted by atomic mass is 16.5. The van der Waals surface area contributed by atoms with Crippen LogP contribution >= 0.6 is 0 Å². The number of para-hydroxylation sites is 2. The van der Waals surface area contributed by atoms with Gasteiger partial charge in [0, 0.05) is 6.04 Å². The van der Waals surface area contributed by atoms with Gasteiger partial charge < -0.3 is 20.5 Å². The number of aliphatic carboxylic acids is 1. The van der Waals surface area contributed by atoms with E-state index in [-0.39, 0.29) is 18.4 Å². The summed E-state index contributed by atoms with van der Waals surface area (Å²) in [6, 6.07) is 6.42. The molecular formula is C15H20N2O4. The maximum Gasteiger partial charge on any atom is 0.319 e. The number of carbonyl (C=O) groups is 2. The number of anilines is 1. The molecule has 2 amide bonds. The van der Waals surface area contributed by atoms with E-state index in [0.717, 1.165) is 12.8 Å². The first-order valence-corrected chi connectivity index (χ1v) is 7.11. The lowest BCUT2D eigenvalue weighted by molar-refractivity contribution is -0.137. The van der Waals surface area contributed by atoms with E-state index in [0.29, 0.717) is 18.0 Å². The summed E-state index contributed by atoms with van der Waals surface area (Å²) >= 11 is 0. The van der Waals surface area contributed by atoms with E-state index in [4.69, 9.17) is 9.84 Å². The van der Waals surface area contributed by atoms with Gasteiger partial charge in [-0.2, -0.15) is 0 Å². The quantitative estimate of drug-likeness (QED) is 0.720. The molecular weight excluding hydrogens is 272 g/mol. The Hall–Kier alpha value is -2.24. The van der Waals surface area contributed by atoms with Gasteiger partial charge in [-0.1, -0.05) is 12.1 Å². The number of benzene rings is 1. The lowest BCUT2D eigenvalue weighted by Gasteiger charge is -2.17. The van der Waals surface area contributed by atoms with Gasteiger partial charge in [-0.25, -0.2) is 4.79 Å². The third-order valence-corrected chi connectivity index (χ3v) is 3.34. The van der Waals surface area contributed by atoms with Gasteiger partial charge in [-0.3, -0.25) is 4.79 Å². The van der Waals surface area contributed by atoms with Gasteiger partial charge in [-0.05, 0) is 37.8 Å². The smallest absolute Gasteiger partial charge is 0.319 e. The van der Waals surface area contributed by atoms with Crippen LogP contribution in [-0.4, -0.2) is 29.8 Å². The molecule has 0 radical (unpaired) electrons. The molecule has 1 unspecified atom stereocenters. The van der Waals surface area contributed by atoms with Crippen molar-refractivity contribution < 1.29 is 19.4 Å². The number of rotatable bonds is 7. The second-order valence-corrected chi connectivity index (χ2v) is 5.07. The Morgan fingerprint density at radius 2 is 2.10 bits per heavy atom. The van der Waals surface area contributed by atoms with E-state index in [2.05, 4.69) is 10.6 Å². The number of carboxylic acids is 1. The normalized spacial score (nSPS) is 15.1. The van der Waals surface area contributed by atoms with Crippen LogP contribution in [0.25, 0.3) is 0 Å². The molecule has 3 N–H and O–H groups in total. The van der Waals surface area contributed by atoms with Crippen LogP contribution in [0.1, 0.15) is 26.2 Å². The average molecular weight is 292 g/mol. The summed E-state index contributed by atoms with van der Waals surface area (Å²) in [7, 11) is 0. The van der Waals surface area contributed by atoms with Gasteiger partial charge in [-0.15, -0.1) is 0 Å². The van der Waals surface area contributed by atoms with Crippen molar-refractivity contribution in [1.29, 1.82) is 0 Å². The highest BCUT2D eigenvalue weighted by Crippen LogP contribution is 2.34. The third-order valence-electron chi connectivity index (χ3n) is 3.34. The molecule has 0 spiro atoms. The van der Waals surface area contributed by atoms with Crippen LogP contribution in [0, 0.1) is 5.92 Å². The molecule has 0 aliphatic heterocycles. The Balaban J connectivity index is 1.95.